The summed E-state index contributed by atoms with van der Waals surface area (Å²) in [4.78, 5) is 11.3. The van der Waals surface area contributed by atoms with Gasteiger partial charge in [-0.3, -0.25) is 0 Å². The zero-order valence-corrected chi connectivity index (χ0v) is 32.0. The topological polar surface area (TPSA) is 19.4 Å². The van der Waals surface area contributed by atoms with Crippen molar-refractivity contribution in [3.8, 4) is 0 Å². The Morgan fingerprint density at radius 3 is 1.62 bits per heavy atom. The molecule has 1 aromatic heterocycles. The molecule has 4 aliphatic heterocycles. The van der Waals surface area contributed by atoms with Crippen molar-refractivity contribution in [3.05, 3.63) is 143 Å². The molecular formula is C51H44BN3. The van der Waals surface area contributed by atoms with Crippen molar-refractivity contribution in [2.75, 3.05) is 9.80 Å². The third-order valence-corrected chi connectivity index (χ3v) is 14.9. The van der Waals surface area contributed by atoms with Gasteiger partial charge in [-0.05, 0) is 87.9 Å². The molecule has 0 radical (unpaired) electrons. The summed E-state index contributed by atoms with van der Waals surface area (Å²) in [5.41, 5.74) is 20.8. The maximum absolute atomic E-state index is 5.89. The smallest absolute Gasteiger partial charge is 0.252 e. The molecule has 6 aromatic carbocycles. The maximum Gasteiger partial charge on any atom is 0.252 e. The third kappa shape index (κ3) is 3.59. The van der Waals surface area contributed by atoms with E-state index in [-0.39, 0.29) is 23.0 Å². The Balaban J connectivity index is 1.26. The van der Waals surface area contributed by atoms with Gasteiger partial charge in [-0.25, -0.2) is 4.98 Å². The van der Waals surface area contributed by atoms with E-state index in [4.69, 9.17) is 4.98 Å². The van der Waals surface area contributed by atoms with Crippen LogP contribution in [0.4, 0.5) is 34.1 Å². The molecule has 2 aliphatic carbocycles. The predicted molar refractivity (Wildman–Crippen MR) is 230 cm³/mol. The zero-order chi connectivity index (χ0) is 36.4. The Bertz CT molecular complexity index is 2840. The summed E-state index contributed by atoms with van der Waals surface area (Å²) in [7, 11) is 0. The standard InChI is InChI=1S/C51H44BN3/c1-49(2,3)48-32-17-5-4-16-31(32)33-30-42-43-47(44(33)53-48)55-41-25-9-7-19-35(41)51(28-12-13-29-51)37-21-15-23-39(46(37)55)52(43)38-22-14-20-36-45(38)54(42)40-24-8-6-18-34(40)50(36)26-10-11-27-50/h4-9,14-25,30H,10-13,26-29H2,1-3H3. The average molecular weight is 710 g/mol. The normalized spacial score (nSPS) is 18.8. The molecule has 3 nitrogen and oxygen atoms in total. The molecule has 2 saturated carbocycles. The number of anilines is 6. The van der Waals surface area contributed by atoms with Crippen LogP contribution in [0.3, 0.4) is 0 Å². The molecule has 4 heteroatoms. The molecule has 7 aromatic rings. The molecular weight excluding hydrogens is 665 g/mol. The average Bonchev–Trinajstić information content (AvgIpc) is 3.91. The van der Waals surface area contributed by atoms with Gasteiger partial charge in [0.05, 0.1) is 28.3 Å². The molecule has 0 saturated heterocycles. The molecule has 0 unspecified atom stereocenters. The van der Waals surface area contributed by atoms with E-state index in [0.717, 1.165) is 5.52 Å². The van der Waals surface area contributed by atoms with Crippen molar-refractivity contribution in [2.24, 2.45) is 0 Å². The summed E-state index contributed by atoms with van der Waals surface area (Å²) in [5, 5.41) is 3.80. The fourth-order valence-corrected chi connectivity index (χ4v) is 12.9. The fraction of sp³-hybridized carbons (Fsp3) is 0.275. The third-order valence-electron chi connectivity index (χ3n) is 14.9. The SMILES string of the molecule is CC(C)(C)c1nc2c3c4c(cc2c2ccccc12)N1c2ccccc2C2(CCCC2)c2cccc(c21)B4c1cccc2c1N3c1ccccc1C21CCCC1. The predicted octanol–water partition coefficient (Wildman–Crippen LogP) is 11.1. The number of fused-ring (bicyclic) bond motifs is 16. The first kappa shape index (κ1) is 30.9. The van der Waals surface area contributed by atoms with Crippen LogP contribution >= 0.6 is 0 Å². The largest absolute Gasteiger partial charge is 0.311 e. The summed E-state index contributed by atoms with van der Waals surface area (Å²) in [6, 6.07) is 45.2. The van der Waals surface area contributed by atoms with E-state index in [1.807, 2.05) is 0 Å². The van der Waals surface area contributed by atoms with E-state index >= 15 is 0 Å². The lowest BCUT2D eigenvalue weighted by atomic mass is 9.32. The first-order valence-electron chi connectivity index (χ1n) is 20.9. The van der Waals surface area contributed by atoms with Crippen LogP contribution in [-0.2, 0) is 16.2 Å². The van der Waals surface area contributed by atoms with Crippen LogP contribution in [0.15, 0.2) is 115 Å². The van der Waals surface area contributed by atoms with Crippen molar-refractivity contribution in [2.45, 2.75) is 88.4 Å². The molecule has 2 fully saturated rings. The van der Waals surface area contributed by atoms with E-state index < -0.39 is 0 Å². The minimum atomic E-state index is -0.135. The first-order valence-corrected chi connectivity index (χ1v) is 20.9. The highest BCUT2D eigenvalue weighted by Crippen LogP contribution is 2.62. The lowest BCUT2D eigenvalue weighted by Crippen LogP contribution is -2.63. The lowest BCUT2D eigenvalue weighted by molar-refractivity contribution is 0.530. The number of para-hydroxylation sites is 4. The van der Waals surface area contributed by atoms with Crippen LogP contribution in [0, 0.1) is 0 Å². The van der Waals surface area contributed by atoms with E-state index in [9.17, 15) is 0 Å². The quantitative estimate of drug-likeness (QED) is 0.115. The minimum Gasteiger partial charge on any atom is -0.311 e. The Hall–Kier alpha value is -5.35. The molecule has 6 aliphatic rings. The number of aromatic nitrogens is 1. The molecule has 0 amide bonds. The first-order chi connectivity index (χ1) is 26.9. The van der Waals surface area contributed by atoms with Gasteiger partial charge in [0, 0.05) is 44.1 Å². The molecule has 5 heterocycles. The fourth-order valence-electron chi connectivity index (χ4n) is 12.9. The van der Waals surface area contributed by atoms with Crippen molar-refractivity contribution < 1.29 is 0 Å². The van der Waals surface area contributed by atoms with Gasteiger partial charge in [0.2, 0.25) is 0 Å². The van der Waals surface area contributed by atoms with Gasteiger partial charge >= 0.3 is 0 Å². The summed E-state index contributed by atoms with van der Waals surface area (Å²) < 4.78 is 0. The van der Waals surface area contributed by atoms with Gasteiger partial charge in [0.1, 0.15) is 0 Å². The summed E-state index contributed by atoms with van der Waals surface area (Å²) >= 11 is 0. The summed E-state index contributed by atoms with van der Waals surface area (Å²) in [5.74, 6) is 0. The number of nitrogens with zero attached hydrogens (tertiary/aromatic N) is 3. The monoisotopic (exact) mass is 709 g/mol. The van der Waals surface area contributed by atoms with Crippen LogP contribution in [0.25, 0.3) is 21.7 Å². The Morgan fingerprint density at radius 2 is 1.02 bits per heavy atom. The van der Waals surface area contributed by atoms with Gasteiger partial charge < -0.3 is 9.80 Å². The second-order valence-electron chi connectivity index (χ2n) is 18.5. The summed E-state index contributed by atoms with van der Waals surface area (Å²) in [6.45, 7) is 7.09. The van der Waals surface area contributed by atoms with Crippen LogP contribution in [0.1, 0.15) is 100 Å². The highest BCUT2D eigenvalue weighted by molar-refractivity contribution is 7.00. The molecule has 2 spiro atoms. The molecule has 55 heavy (non-hydrogen) atoms. The molecule has 266 valence electrons. The Labute approximate surface area is 324 Å². The zero-order valence-electron chi connectivity index (χ0n) is 32.0. The summed E-state index contributed by atoms with van der Waals surface area (Å²) in [6.07, 6.45) is 9.95. The highest BCUT2D eigenvalue weighted by Gasteiger charge is 2.55. The van der Waals surface area contributed by atoms with Crippen molar-refractivity contribution in [1.82, 2.24) is 4.98 Å². The van der Waals surface area contributed by atoms with E-state index in [1.165, 1.54) is 146 Å². The van der Waals surface area contributed by atoms with Gasteiger partial charge in [-0.15, -0.1) is 0 Å². The lowest BCUT2D eigenvalue weighted by Gasteiger charge is -2.52. The van der Waals surface area contributed by atoms with E-state index in [1.54, 1.807) is 0 Å². The molecule has 0 atom stereocenters. The van der Waals surface area contributed by atoms with Crippen LogP contribution < -0.4 is 26.2 Å². The van der Waals surface area contributed by atoms with Gasteiger partial charge in [-0.1, -0.05) is 144 Å². The second kappa shape index (κ2) is 10.3. The number of hydrogen-bond acceptors (Lipinski definition) is 3. The number of hydrogen-bond donors (Lipinski definition) is 0. The van der Waals surface area contributed by atoms with Crippen molar-refractivity contribution in [3.63, 3.8) is 0 Å². The molecule has 0 bridgehead atoms. The Kier molecular flexibility index (Phi) is 5.78. The van der Waals surface area contributed by atoms with E-state index in [2.05, 4.69) is 146 Å². The second-order valence-corrected chi connectivity index (χ2v) is 18.5. The maximum atomic E-state index is 5.89. The number of benzene rings is 6. The Morgan fingerprint density at radius 1 is 0.509 bits per heavy atom. The van der Waals surface area contributed by atoms with Crippen LogP contribution in [0.2, 0.25) is 0 Å². The van der Waals surface area contributed by atoms with Crippen LogP contribution in [0.5, 0.6) is 0 Å². The van der Waals surface area contributed by atoms with Crippen molar-refractivity contribution >= 4 is 78.9 Å². The van der Waals surface area contributed by atoms with E-state index in [0.29, 0.717) is 0 Å². The van der Waals surface area contributed by atoms with Gasteiger partial charge in [0.25, 0.3) is 6.71 Å². The highest BCUT2D eigenvalue weighted by atomic mass is 15.2. The molecule has 0 N–H and O–H groups in total. The van der Waals surface area contributed by atoms with Crippen LogP contribution in [-0.4, -0.2) is 11.7 Å². The number of pyridine rings is 1. The van der Waals surface area contributed by atoms with Gasteiger partial charge in [0.15, 0.2) is 0 Å². The van der Waals surface area contributed by atoms with Crippen molar-refractivity contribution in [1.29, 1.82) is 0 Å². The number of rotatable bonds is 0. The minimum absolute atomic E-state index is 0.0315. The molecule has 13 rings (SSSR count). The van der Waals surface area contributed by atoms with Gasteiger partial charge in [-0.2, -0.15) is 0 Å².